The predicted octanol–water partition coefficient (Wildman–Crippen LogP) is 2.91. The first-order valence-electron chi connectivity index (χ1n) is 6.10. The summed E-state index contributed by atoms with van der Waals surface area (Å²) in [5, 5.41) is 0. The molecule has 0 spiro atoms. The number of nitrogens with two attached hydrogens (primary N) is 1. The van der Waals surface area contributed by atoms with Crippen molar-refractivity contribution < 1.29 is 13.9 Å². The number of halogens is 1. The molecule has 0 saturated carbocycles. The fourth-order valence-corrected chi connectivity index (χ4v) is 2.40. The summed E-state index contributed by atoms with van der Waals surface area (Å²) < 4.78 is 24.9. The van der Waals surface area contributed by atoms with Crippen LogP contribution in [0.15, 0.2) is 0 Å². The van der Waals surface area contributed by atoms with Gasteiger partial charge < -0.3 is 15.2 Å². The lowest BCUT2D eigenvalue weighted by Crippen LogP contribution is -2.10. The summed E-state index contributed by atoms with van der Waals surface area (Å²) in [5.41, 5.74) is 7.53. The van der Waals surface area contributed by atoms with Gasteiger partial charge in [-0.2, -0.15) is 0 Å². The Morgan fingerprint density at radius 1 is 1.11 bits per heavy atom. The van der Waals surface area contributed by atoms with Gasteiger partial charge in [0.2, 0.25) is 0 Å². The molecule has 3 nitrogen and oxygen atoms in total. The highest BCUT2D eigenvalue weighted by molar-refractivity contribution is 5.57. The van der Waals surface area contributed by atoms with E-state index in [2.05, 4.69) is 0 Å². The molecule has 0 aliphatic rings. The molecule has 1 aromatic carbocycles. The number of hydrogen-bond acceptors (Lipinski definition) is 3. The molecule has 0 fully saturated rings. The Hall–Kier alpha value is -1.29. The van der Waals surface area contributed by atoms with Crippen molar-refractivity contribution in [2.45, 2.75) is 33.1 Å². The van der Waals surface area contributed by atoms with Crippen molar-refractivity contribution in [2.75, 3.05) is 20.8 Å². The summed E-state index contributed by atoms with van der Waals surface area (Å²) in [6.45, 7) is 6.04. The van der Waals surface area contributed by atoms with Gasteiger partial charge in [0.1, 0.15) is 5.82 Å². The zero-order valence-electron chi connectivity index (χ0n) is 11.8. The standard InChI is InChI=1S/C14H22FNO2/c1-8(6-7-16)11-9(2)12(15)10(3)13(17-4)14(11)18-5/h8H,6-7,16H2,1-5H3. The number of benzene rings is 1. The summed E-state index contributed by atoms with van der Waals surface area (Å²) in [6, 6.07) is 0. The minimum atomic E-state index is -0.230. The molecule has 1 atom stereocenters. The van der Waals surface area contributed by atoms with Gasteiger partial charge in [0.15, 0.2) is 11.5 Å². The molecule has 1 aromatic rings. The van der Waals surface area contributed by atoms with Crippen molar-refractivity contribution in [2.24, 2.45) is 5.73 Å². The van der Waals surface area contributed by atoms with Crippen molar-refractivity contribution in [1.82, 2.24) is 0 Å². The van der Waals surface area contributed by atoms with Crippen molar-refractivity contribution >= 4 is 0 Å². The topological polar surface area (TPSA) is 44.5 Å². The van der Waals surface area contributed by atoms with Crippen LogP contribution < -0.4 is 15.2 Å². The number of rotatable bonds is 5. The smallest absolute Gasteiger partial charge is 0.166 e. The Labute approximate surface area is 108 Å². The van der Waals surface area contributed by atoms with Gasteiger partial charge >= 0.3 is 0 Å². The third kappa shape index (κ3) is 2.43. The van der Waals surface area contributed by atoms with Gasteiger partial charge in [-0.05, 0) is 38.3 Å². The fourth-order valence-electron chi connectivity index (χ4n) is 2.40. The van der Waals surface area contributed by atoms with Crippen molar-refractivity contribution in [3.05, 3.63) is 22.5 Å². The van der Waals surface area contributed by atoms with Crippen LogP contribution in [0.3, 0.4) is 0 Å². The van der Waals surface area contributed by atoms with E-state index in [1.54, 1.807) is 21.0 Å². The molecule has 102 valence electrons. The van der Waals surface area contributed by atoms with E-state index in [4.69, 9.17) is 15.2 Å². The van der Waals surface area contributed by atoms with E-state index in [1.165, 1.54) is 7.11 Å². The minimum absolute atomic E-state index is 0.133. The van der Waals surface area contributed by atoms with Gasteiger partial charge in [0.05, 0.1) is 14.2 Å². The second-order valence-electron chi connectivity index (χ2n) is 4.52. The third-order valence-corrected chi connectivity index (χ3v) is 3.35. The third-order valence-electron chi connectivity index (χ3n) is 3.35. The fraction of sp³-hybridized carbons (Fsp3) is 0.571. The maximum atomic E-state index is 14.2. The molecule has 1 unspecified atom stereocenters. The first-order chi connectivity index (χ1) is 8.49. The van der Waals surface area contributed by atoms with Crippen LogP contribution in [0, 0.1) is 19.7 Å². The molecule has 0 aliphatic heterocycles. The quantitative estimate of drug-likeness (QED) is 0.879. The molecule has 18 heavy (non-hydrogen) atoms. The van der Waals surface area contributed by atoms with Gasteiger partial charge in [0, 0.05) is 11.1 Å². The molecule has 0 radical (unpaired) electrons. The highest BCUT2D eigenvalue weighted by Crippen LogP contribution is 2.42. The Kier molecular flexibility index (Phi) is 4.96. The van der Waals surface area contributed by atoms with Crippen LogP contribution in [0.1, 0.15) is 36.0 Å². The zero-order valence-corrected chi connectivity index (χ0v) is 11.8. The molecule has 1 rings (SSSR count). The number of hydrogen-bond donors (Lipinski definition) is 1. The Morgan fingerprint density at radius 2 is 1.67 bits per heavy atom. The van der Waals surface area contributed by atoms with E-state index in [0.717, 1.165) is 12.0 Å². The van der Waals surface area contributed by atoms with Crippen LogP contribution in [0.2, 0.25) is 0 Å². The highest BCUT2D eigenvalue weighted by atomic mass is 19.1. The second-order valence-corrected chi connectivity index (χ2v) is 4.52. The predicted molar refractivity (Wildman–Crippen MR) is 71.1 cm³/mol. The molecule has 0 aromatic heterocycles. The largest absolute Gasteiger partial charge is 0.493 e. The van der Waals surface area contributed by atoms with E-state index in [-0.39, 0.29) is 11.7 Å². The Balaban J connectivity index is 3.52. The minimum Gasteiger partial charge on any atom is -0.493 e. The van der Waals surface area contributed by atoms with E-state index < -0.39 is 0 Å². The molecule has 2 N–H and O–H groups in total. The first-order valence-corrected chi connectivity index (χ1v) is 6.10. The van der Waals surface area contributed by atoms with Gasteiger partial charge in [-0.3, -0.25) is 0 Å². The monoisotopic (exact) mass is 255 g/mol. The summed E-state index contributed by atoms with van der Waals surface area (Å²) in [6.07, 6.45) is 0.781. The Bertz CT molecular complexity index is 433. The van der Waals surface area contributed by atoms with Crippen LogP contribution in [0.4, 0.5) is 4.39 Å². The van der Waals surface area contributed by atoms with E-state index in [1.807, 2.05) is 6.92 Å². The van der Waals surface area contributed by atoms with E-state index >= 15 is 0 Å². The molecule has 0 amide bonds. The molecule has 0 aliphatic carbocycles. The number of ether oxygens (including phenoxy) is 2. The highest BCUT2D eigenvalue weighted by Gasteiger charge is 2.24. The normalized spacial score (nSPS) is 12.4. The second kappa shape index (κ2) is 6.05. The summed E-state index contributed by atoms with van der Waals surface area (Å²) in [7, 11) is 3.10. The molecular weight excluding hydrogens is 233 g/mol. The SMILES string of the molecule is COc1c(C)c(F)c(C)c(C(C)CCN)c1OC. The molecule has 4 heteroatoms. The first kappa shape index (κ1) is 14.8. The van der Waals surface area contributed by atoms with Crippen LogP contribution >= 0.6 is 0 Å². The van der Waals surface area contributed by atoms with Crippen molar-refractivity contribution in [3.63, 3.8) is 0 Å². The molecular formula is C14H22FNO2. The molecule has 0 heterocycles. The van der Waals surface area contributed by atoms with Crippen molar-refractivity contribution in [3.8, 4) is 11.5 Å². The Morgan fingerprint density at radius 3 is 2.11 bits per heavy atom. The van der Waals surface area contributed by atoms with Gasteiger partial charge in [-0.1, -0.05) is 6.92 Å². The average molecular weight is 255 g/mol. The number of methoxy groups -OCH3 is 2. The summed E-state index contributed by atoms with van der Waals surface area (Å²) in [4.78, 5) is 0. The summed E-state index contributed by atoms with van der Waals surface area (Å²) >= 11 is 0. The van der Waals surface area contributed by atoms with Crippen LogP contribution in [0.5, 0.6) is 11.5 Å². The molecule has 0 saturated heterocycles. The van der Waals surface area contributed by atoms with Crippen LogP contribution in [0.25, 0.3) is 0 Å². The van der Waals surface area contributed by atoms with Gasteiger partial charge in [0.25, 0.3) is 0 Å². The average Bonchev–Trinajstić information content (AvgIpc) is 2.35. The lowest BCUT2D eigenvalue weighted by atomic mass is 9.90. The van der Waals surface area contributed by atoms with E-state index in [0.29, 0.717) is 29.2 Å². The van der Waals surface area contributed by atoms with Crippen molar-refractivity contribution in [1.29, 1.82) is 0 Å². The van der Waals surface area contributed by atoms with E-state index in [9.17, 15) is 4.39 Å². The summed E-state index contributed by atoms with van der Waals surface area (Å²) in [5.74, 6) is 0.995. The lowest BCUT2D eigenvalue weighted by molar-refractivity contribution is 0.343. The van der Waals surface area contributed by atoms with Gasteiger partial charge in [-0.15, -0.1) is 0 Å². The zero-order chi connectivity index (χ0) is 13.9. The maximum absolute atomic E-state index is 14.2. The lowest BCUT2D eigenvalue weighted by Gasteiger charge is -2.22. The molecule has 0 bridgehead atoms. The van der Waals surface area contributed by atoms with Gasteiger partial charge in [-0.25, -0.2) is 4.39 Å². The maximum Gasteiger partial charge on any atom is 0.166 e. The van der Waals surface area contributed by atoms with Crippen LogP contribution in [-0.4, -0.2) is 20.8 Å². The van der Waals surface area contributed by atoms with Crippen LogP contribution in [-0.2, 0) is 0 Å².